The number of nitrogens with one attached hydrogen (secondary N) is 2. The second kappa shape index (κ2) is 8.03. The molecule has 0 radical (unpaired) electrons. The Balaban J connectivity index is 1.48. The number of imide groups is 1. The number of carbonyl (C=O) groups excluding carboxylic acids is 3. The number of aryl methyl sites for hydroxylation is 1. The molecule has 1 aliphatic heterocycles. The van der Waals surface area contributed by atoms with Crippen LogP contribution in [0.25, 0.3) is 0 Å². The number of fused-ring (bicyclic) bond motifs is 1. The van der Waals surface area contributed by atoms with Crippen LogP contribution in [0.4, 0.5) is 4.79 Å². The van der Waals surface area contributed by atoms with E-state index >= 15 is 0 Å². The van der Waals surface area contributed by atoms with Gasteiger partial charge < -0.3 is 10.6 Å². The molecule has 0 aliphatic carbocycles. The zero-order valence-corrected chi connectivity index (χ0v) is 15.5. The molecule has 1 aliphatic rings. The predicted molar refractivity (Wildman–Crippen MR) is 103 cm³/mol. The summed E-state index contributed by atoms with van der Waals surface area (Å²) >= 11 is 0. The Bertz CT molecular complexity index is 826. The smallest absolute Gasteiger partial charge is 0.315 e. The van der Waals surface area contributed by atoms with E-state index in [0.717, 1.165) is 16.9 Å². The summed E-state index contributed by atoms with van der Waals surface area (Å²) in [5.74, 6) is -0.635. The van der Waals surface area contributed by atoms with Gasteiger partial charge in [-0.15, -0.1) is 0 Å². The molecule has 0 fully saturated rings. The molecule has 0 spiro atoms. The number of rotatable bonds is 6. The summed E-state index contributed by atoms with van der Waals surface area (Å²) in [7, 11) is 0. The number of nitrogens with zero attached hydrogens (tertiary/aromatic N) is 1. The molecule has 140 valence electrons. The van der Waals surface area contributed by atoms with Crippen molar-refractivity contribution in [3.05, 3.63) is 70.8 Å². The highest BCUT2D eigenvalue weighted by atomic mass is 16.2. The highest BCUT2D eigenvalue weighted by Crippen LogP contribution is 2.21. The number of hydrogen-bond donors (Lipinski definition) is 2. The Kier molecular flexibility index (Phi) is 5.54. The Labute approximate surface area is 158 Å². The molecule has 0 saturated heterocycles. The number of carbonyl (C=O) groups is 3. The normalized spacial score (nSPS) is 14.1. The van der Waals surface area contributed by atoms with Crippen LogP contribution in [0.1, 0.15) is 51.7 Å². The van der Waals surface area contributed by atoms with Crippen molar-refractivity contribution in [2.45, 2.75) is 26.3 Å². The summed E-state index contributed by atoms with van der Waals surface area (Å²) in [6.07, 6.45) is 0.973. The average molecular weight is 365 g/mol. The summed E-state index contributed by atoms with van der Waals surface area (Å²) in [6, 6.07) is 14.4. The van der Waals surface area contributed by atoms with Gasteiger partial charge in [0.1, 0.15) is 0 Å². The molecule has 2 N–H and O–H groups in total. The van der Waals surface area contributed by atoms with E-state index in [1.165, 1.54) is 5.56 Å². The molecule has 6 nitrogen and oxygen atoms in total. The third-order valence-corrected chi connectivity index (χ3v) is 4.73. The van der Waals surface area contributed by atoms with Gasteiger partial charge in [-0.25, -0.2) is 4.79 Å². The van der Waals surface area contributed by atoms with Gasteiger partial charge in [0.2, 0.25) is 0 Å². The van der Waals surface area contributed by atoms with Crippen LogP contribution in [0.3, 0.4) is 0 Å². The molecule has 1 atom stereocenters. The molecule has 1 unspecified atom stereocenters. The lowest BCUT2D eigenvalue weighted by atomic mass is 10.1. The summed E-state index contributed by atoms with van der Waals surface area (Å²) in [5.41, 5.74) is 3.09. The van der Waals surface area contributed by atoms with Crippen LogP contribution in [0.2, 0.25) is 0 Å². The third kappa shape index (κ3) is 4.00. The Morgan fingerprint density at radius 1 is 1.00 bits per heavy atom. The fourth-order valence-electron chi connectivity index (χ4n) is 3.10. The Morgan fingerprint density at radius 2 is 1.59 bits per heavy atom. The summed E-state index contributed by atoms with van der Waals surface area (Å²) in [4.78, 5) is 37.8. The van der Waals surface area contributed by atoms with Crippen molar-refractivity contribution >= 4 is 17.8 Å². The predicted octanol–water partition coefficient (Wildman–Crippen LogP) is 2.91. The topological polar surface area (TPSA) is 78.5 Å². The monoisotopic (exact) mass is 365 g/mol. The van der Waals surface area contributed by atoms with Crippen LogP contribution in [-0.2, 0) is 6.42 Å². The number of amides is 4. The van der Waals surface area contributed by atoms with E-state index in [9.17, 15) is 14.4 Å². The van der Waals surface area contributed by atoms with Crippen molar-refractivity contribution in [1.29, 1.82) is 0 Å². The van der Waals surface area contributed by atoms with E-state index in [-0.39, 0.29) is 37.0 Å². The van der Waals surface area contributed by atoms with Gasteiger partial charge in [-0.05, 0) is 36.6 Å². The van der Waals surface area contributed by atoms with Crippen LogP contribution in [0.5, 0.6) is 0 Å². The van der Waals surface area contributed by atoms with Gasteiger partial charge in [0.05, 0.1) is 17.2 Å². The summed E-state index contributed by atoms with van der Waals surface area (Å²) in [6.45, 7) is 4.33. The molecule has 3 rings (SSSR count). The molecule has 4 amide bonds. The van der Waals surface area contributed by atoms with E-state index in [1.54, 1.807) is 24.3 Å². The molecular formula is C21H23N3O3. The first-order chi connectivity index (χ1) is 13.0. The van der Waals surface area contributed by atoms with E-state index < -0.39 is 0 Å². The Hall–Kier alpha value is -3.15. The van der Waals surface area contributed by atoms with Gasteiger partial charge in [-0.2, -0.15) is 0 Å². The largest absolute Gasteiger partial charge is 0.336 e. The number of hydrogen-bond acceptors (Lipinski definition) is 3. The van der Waals surface area contributed by atoms with E-state index in [2.05, 4.69) is 17.6 Å². The van der Waals surface area contributed by atoms with Crippen LogP contribution < -0.4 is 10.6 Å². The molecule has 1 heterocycles. The van der Waals surface area contributed by atoms with Crippen molar-refractivity contribution in [3.8, 4) is 0 Å². The third-order valence-electron chi connectivity index (χ3n) is 4.73. The van der Waals surface area contributed by atoms with Crippen LogP contribution in [-0.4, -0.2) is 35.8 Å². The molecule has 2 aromatic rings. The highest BCUT2D eigenvalue weighted by Gasteiger charge is 2.34. The zero-order chi connectivity index (χ0) is 19.4. The van der Waals surface area contributed by atoms with Crippen molar-refractivity contribution in [3.63, 3.8) is 0 Å². The fourth-order valence-corrected chi connectivity index (χ4v) is 3.10. The minimum Gasteiger partial charge on any atom is -0.336 e. The maximum absolute atomic E-state index is 12.3. The van der Waals surface area contributed by atoms with Gasteiger partial charge in [0.15, 0.2) is 0 Å². The molecule has 6 heteroatoms. The molecule has 0 aromatic heterocycles. The van der Waals surface area contributed by atoms with E-state index in [4.69, 9.17) is 0 Å². The number of benzene rings is 2. The van der Waals surface area contributed by atoms with Crippen molar-refractivity contribution in [2.75, 3.05) is 13.1 Å². The molecular weight excluding hydrogens is 342 g/mol. The van der Waals surface area contributed by atoms with Crippen LogP contribution in [0.15, 0.2) is 48.5 Å². The van der Waals surface area contributed by atoms with Gasteiger partial charge in [0.25, 0.3) is 11.8 Å². The second-order valence-corrected chi connectivity index (χ2v) is 6.52. The molecule has 2 aromatic carbocycles. The van der Waals surface area contributed by atoms with Crippen LogP contribution >= 0.6 is 0 Å². The summed E-state index contributed by atoms with van der Waals surface area (Å²) < 4.78 is 0. The molecule has 27 heavy (non-hydrogen) atoms. The number of urea groups is 1. The first-order valence-electron chi connectivity index (χ1n) is 9.09. The first kappa shape index (κ1) is 18.6. The minimum absolute atomic E-state index is 0.138. The zero-order valence-electron chi connectivity index (χ0n) is 15.5. The SMILES string of the molecule is CCc1ccc(C(C)NC(=O)NCCN2C(=O)c3ccccc3C2=O)cc1. The maximum atomic E-state index is 12.3. The van der Waals surface area contributed by atoms with Gasteiger partial charge >= 0.3 is 6.03 Å². The lowest BCUT2D eigenvalue weighted by Gasteiger charge is -2.17. The van der Waals surface area contributed by atoms with Gasteiger partial charge in [-0.3, -0.25) is 14.5 Å². The summed E-state index contributed by atoms with van der Waals surface area (Å²) in [5, 5.41) is 5.56. The van der Waals surface area contributed by atoms with Gasteiger partial charge in [-0.1, -0.05) is 43.3 Å². The van der Waals surface area contributed by atoms with E-state index in [0.29, 0.717) is 11.1 Å². The lowest BCUT2D eigenvalue weighted by Crippen LogP contribution is -2.42. The second-order valence-electron chi connectivity index (χ2n) is 6.52. The average Bonchev–Trinajstić information content (AvgIpc) is 2.93. The first-order valence-corrected chi connectivity index (χ1v) is 9.09. The van der Waals surface area contributed by atoms with Gasteiger partial charge in [0, 0.05) is 13.1 Å². The lowest BCUT2D eigenvalue weighted by molar-refractivity contribution is 0.0656. The fraction of sp³-hybridized carbons (Fsp3) is 0.286. The standard InChI is InChI=1S/C21H23N3O3/c1-3-15-8-10-16(11-9-15)14(2)23-21(27)22-12-13-24-19(25)17-6-4-5-7-18(17)20(24)26/h4-11,14H,3,12-13H2,1-2H3,(H2,22,23,27). The Morgan fingerprint density at radius 3 is 2.15 bits per heavy atom. The quantitative estimate of drug-likeness (QED) is 0.773. The van der Waals surface area contributed by atoms with E-state index in [1.807, 2.05) is 31.2 Å². The van der Waals surface area contributed by atoms with Crippen molar-refractivity contribution < 1.29 is 14.4 Å². The van der Waals surface area contributed by atoms with Crippen molar-refractivity contribution in [2.24, 2.45) is 0 Å². The minimum atomic E-state index is -0.335. The molecule has 0 bridgehead atoms. The van der Waals surface area contributed by atoms with Crippen LogP contribution in [0, 0.1) is 0 Å². The molecule has 0 saturated carbocycles. The van der Waals surface area contributed by atoms with Crippen molar-refractivity contribution in [1.82, 2.24) is 15.5 Å². The highest BCUT2D eigenvalue weighted by molar-refractivity contribution is 6.21. The maximum Gasteiger partial charge on any atom is 0.315 e.